The van der Waals surface area contributed by atoms with Crippen LogP contribution in [0.15, 0.2) is 0 Å². The van der Waals surface area contributed by atoms with Gasteiger partial charge in [-0.2, -0.15) is 4.98 Å². The third-order valence-electron chi connectivity index (χ3n) is 2.82. The fourth-order valence-corrected chi connectivity index (χ4v) is 2.02. The fraction of sp³-hybridized carbons (Fsp3) is 0.500. The van der Waals surface area contributed by atoms with Gasteiger partial charge in [0.2, 0.25) is 5.95 Å². The predicted molar refractivity (Wildman–Crippen MR) is 66.6 cm³/mol. The van der Waals surface area contributed by atoms with Gasteiger partial charge in [0.1, 0.15) is 11.0 Å². The average molecular weight is 256 g/mol. The highest BCUT2D eigenvalue weighted by Crippen LogP contribution is 2.24. The van der Waals surface area contributed by atoms with Crippen molar-refractivity contribution in [3.05, 3.63) is 10.7 Å². The van der Waals surface area contributed by atoms with Crippen molar-refractivity contribution in [2.24, 2.45) is 0 Å². The number of piperazine rings is 1. The van der Waals surface area contributed by atoms with E-state index < -0.39 is 0 Å². The molecule has 2 rings (SSSR count). The van der Waals surface area contributed by atoms with Gasteiger partial charge in [0.05, 0.1) is 5.56 Å². The summed E-state index contributed by atoms with van der Waals surface area (Å²) in [5.41, 5.74) is 5.87. The quantitative estimate of drug-likeness (QED) is 0.604. The van der Waals surface area contributed by atoms with Crippen LogP contribution in [0, 0.1) is 0 Å². The van der Waals surface area contributed by atoms with Gasteiger partial charge in [-0.3, -0.25) is 4.79 Å². The van der Waals surface area contributed by atoms with E-state index >= 15 is 0 Å². The number of aromatic nitrogens is 2. The molecule has 1 aromatic rings. The number of carbonyl (C=O) groups excluding carboxylic acids is 1. The number of nitrogen functional groups attached to an aromatic ring is 1. The molecule has 92 valence electrons. The van der Waals surface area contributed by atoms with Crippen molar-refractivity contribution in [2.75, 3.05) is 43.9 Å². The topological polar surface area (TPSA) is 75.3 Å². The van der Waals surface area contributed by atoms with Gasteiger partial charge >= 0.3 is 0 Å². The highest BCUT2D eigenvalue weighted by molar-refractivity contribution is 6.32. The summed E-state index contributed by atoms with van der Waals surface area (Å²) in [6.45, 7) is 3.42. The number of aldehydes is 1. The first-order valence-corrected chi connectivity index (χ1v) is 5.71. The van der Waals surface area contributed by atoms with Crippen LogP contribution in [0.4, 0.5) is 11.8 Å². The van der Waals surface area contributed by atoms with Crippen LogP contribution in [0.5, 0.6) is 0 Å². The maximum absolute atomic E-state index is 11.0. The Balaban J connectivity index is 2.34. The first kappa shape index (κ1) is 12.1. The van der Waals surface area contributed by atoms with Gasteiger partial charge in [0, 0.05) is 26.2 Å². The van der Waals surface area contributed by atoms with E-state index in [1.165, 1.54) is 0 Å². The summed E-state index contributed by atoms with van der Waals surface area (Å²) >= 11 is 5.88. The van der Waals surface area contributed by atoms with Crippen molar-refractivity contribution < 1.29 is 4.79 Å². The maximum atomic E-state index is 11.0. The van der Waals surface area contributed by atoms with E-state index in [1.807, 2.05) is 4.90 Å². The number of carbonyl (C=O) groups is 1. The summed E-state index contributed by atoms with van der Waals surface area (Å²) in [7, 11) is 2.05. The van der Waals surface area contributed by atoms with Crippen LogP contribution in [-0.2, 0) is 0 Å². The molecule has 6 nitrogen and oxygen atoms in total. The van der Waals surface area contributed by atoms with E-state index in [2.05, 4.69) is 21.9 Å². The van der Waals surface area contributed by atoms with Gasteiger partial charge in [-0.05, 0) is 7.05 Å². The molecule has 1 saturated heterocycles. The number of anilines is 2. The number of rotatable bonds is 2. The van der Waals surface area contributed by atoms with Crippen molar-refractivity contribution in [2.45, 2.75) is 0 Å². The molecule has 0 amide bonds. The van der Waals surface area contributed by atoms with Gasteiger partial charge < -0.3 is 15.5 Å². The van der Waals surface area contributed by atoms with Gasteiger partial charge in [-0.15, -0.1) is 0 Å². The van der Waals surface area contributed by atoms with Crippen molar-refractivity contribution in [1.82, 2.24) is 14.9 Å². The Hall–Kier alpha value is -1.40. The summed E-state index contributed by atoms with van der Waals surface area (Å²) in [5, 5.41) is 0.112. The average Bonchev–Trinajstić information content (AvgIpc) is 2.29. The molecule has 1 aromatic heterocycles. The van der Waals surface area contributed by atoms with Gasteiger partial charge in [0.25, 0.3) is 0 Å². The number of nitrogens with two attached hydrogens (primary N) is 1. The number of halogens is 1. The fourth-order valence-electron chi connectivity index (χ4n) is 1.81. The standard InChI is InChI=1S/C10H14ClN5O/c1-15-2-4-16(5-3-15)9-7(6-17)8(11)13-10(12)14-9/h6H,2-5H2,1H3,(H2,12,13,14). The summed E-state index contributed by atoms with van der Waals surface area (Å²) < 4.78 is 0. The molecule has 1 fully saturated rings. The molecule has 0 saturated carbocycles. The van der Waals surface area contributed by atoms with Crippen LogP contribution in [-0.4, -0.2) is 54.4 Å². The third kappa shape index (κ3) is 2.48. The van der Waals surface area contributed by atoms with Crippen molar-refractivity contribution >= 4 is 29.7 Å². The van der Waals surface area contributed by atoms with Crippen molar-refractivity contribution in [1.29, 1.82) is 0 Å². The number of nitrogens with zero attached hydrogens (tertiary/aromatic N) is 4. The minimum Gasteiger partial charge on any atom is -0.368 e. The Morgan fingerprint density at radius 1 is 1.29 bits per heavy atom. The van der Waals surface area contributed by atoms with E-state index in [0.29, 0.717) is 17.7 Å². The second-order valence-electron chi connectivity index (χ2n) is 4.02. The lowest BCUT2D eigenvalue weighted by atomic mass is 10.2. The molecule has 0 atom stereocenters. The van der Waals surface area contributed by atoms with Crippen molar-refractivity contribution in [3.8, 4) is 0 Å². The number of likely N-dealkylation sites (N-methyl/N-ethyl adjacent to an activating group) is 1. The molecule has 0 aromatic carbocycles. The van der Waals surface area contributed by atoms with Crippen LogP contribution in [0.25, 0.3) is 0 Å². The largest absolute Gasteiger partial charge is 0.368 e. The first-order valence-electron chi connectivity index (χ1n) is 5.33. The van der Waals surface area contributed by atoms with Gasteiger partial charge in [-0.25, -0.2) is 4.98 Å². The lowest BCUT2D eigenvalue weighted by molar-refractivity contribution is 0.112. The SMILES string of the molecule is CN1CCN(c2nc(N)nc(Cl)c2C=O)CC1. The molecule has 2 heterocycles. The summed E-state index contributed by atoms with van der Waals surface area (Å²) in [5.74, 6) is 0.625. The normalized spacial score (nSPS) is 17.2. The zero-order chi connectivity index (χ0) is 12.4. The lowest BCUT2D eigenvalue weighted by Crippen LogP contribution is -2.45. The molecule has 7 heteroatoms. The van der Waals surface area contributed by atoms with Crippen LogP contribution < -0.4 is 10.6 Å². The Morgan fingerprint density at radius 2 is 1.94 bits per heavy atom. The Kier molecular flexibility index (Phi) is 3.44. The lowest BCUT2D eigenvalue weighted by Gasteiger charge is -2.33. The zero-order valence-electron chi connectivity index (χ0n) is 9.56. The summed E-state index contributed by atoms with van der Waals surface area (Å²) in [4.78, 5) is 23.1. The second kappa shape index (κ2) is 4.85. The Labute approximate surface area is 104 Å². The minimum atomic E-state index is 0.0922. The monoisotopic (exact) mass is 255 g/mol. The minimum absolute atomic E-state index is 0.0922. The van der Waals surface area contributed by atoms with E-state index in [4.69, 9.17) is 17.3 Å². The molecule has 1 aliphatic heterocycles. The maximum Gasteiger partial charge on any atom is 0.223 e. The van der Waals surface area contributed by atoms with E-state index in [-0.39, 0.29) is 11.1 Å². The highest BCUT2D eigenvalue weighted by Gasteiger charge is 2.21. The molecule has 2 N–H and O–H groups in total. The van der Waals surface area contributed by atoms with Crippen LogP contribution in [0.2, 0.25) is 5.15 Å². The molecule has 17 heavy (non-hydrogen) atoms. The van der Waals surface area contributed by atoms with E-state index in [9.17, 15) is 4.79 Å². The van der Waals surface area contributed by atoms with Gasteiger partial charge in [-0.1, -0.05) is 11.6 Å². The molecule has 0 radical (unpaired) electrons. The highest BCUT2D eigenvalue weighted by atomic mass is 35.5. The van der Waals surface area contributed by atoms with Gasteiger partial charge in [0.15, 0.2) is 6.29 Å². The molecule has 1 aliphatic rings. The molecule has 0 unspecified atom stereocenters. The third-order valence-corrected chi connectivity index (χ3v) is 3.11. The first-order chi connectivity index (χ1) is 8.11. The van der Waals surface area contributed by atoms with E-state index in [1.54, 1.807) is 0 Å². The zero-order valence-corrected chi connectivity index (χ0v) is 10.3. The van der Waals surface area contributed by atoms with Crippen LogP contribution in [0.1, 0.15) is 10.4 Å². The van der Waals surface area contributed by atoms with Crippen LogP contribution >= 0.6 is 11.6 Å². The molecular formula is C10H14ClN5O. The number of hydrogen-bond donors (Lipinski definition) is 1. The molecule has 0 aliphatic carbocycles. The second-order valence-corrected chi connectivity index (χ2v) is 4.38. The number of hydrogen-bond acceptors (Lipinski definition) is 6. The Bertz CT molecular complexity index is 431. The van der Waals surface area contributed by atoms with Crippen molar-refractivity contribution in [3.63, 3.8) is 0 Å². The van der Waals surface area contributed by atoms with E-state index in [0.717, 1.165) is 26.2 Å². The molecular weight excluding hydrogens is 242 g/mol. The summed E-state index contributed by atoms with van der Waals surface area (Å²) in [6.07, 6.45) is 0.676. The Morgan fingerprint density at radius 3 is 2.53 bits per heavy atom. The molecule has 0 bridgehead atoms. The predicted octanol–water partition coefficient (Wildman–Crippen LogP) is 0.277. The smallest absolute Gasteiger partial charge is 0.223 e. The summed E-state index contributed by atoms with van der Waals surface area (Å²) in [6, 6.07) is 0. The molecule has 0 spiro atoms. The van der Waals surface area contributed by atoms with Crippen LogP contribution in [0.3, 0.4) is 0 Å².